The first-order chi connectivity index (χ1) is 14.5. The van der Waals surface area contributed by atoms with E-state index in [4.69, 9.17) is 4.99 Å². The smallest absolute Gasteiger partial charge is 0.233 e. The molecule has 0 unspecified atom stereocenters. The summed E-state index contributed by atoms with van der Waals surface area (Å²) in [6.07, 6.45) is 4.61. The molecule has 6 nitrogen and oxygen atoms in total. The number of thioether (sulfide) groups is 1. The SMILES string of the molecule is CC[C@H]1CSC(=Nc2cccc(C)c2)N1C(=O)CCN1C(=O)[C@H]2CCCC[C@@H]2C1=O. The van der Waals surface area contributed by atoms with Gasteiger partial charge in [-0.3, -0.25) is 24.2 Å². The maximum Gasteiger partial charge on any atom is 0.233 e. The van der Waals surface area contributed by atoms with Crippen LogP contribution in [0.2, 0.25) is 0 Å². The molecule has 2 heterocycles. The summed E-state index contributed by atoms with van der Waals surface area (Å²) in [7, 11) is 0. The summed E-state index contributed by atoms with van der Waals surface area (Å²) < 4.78 is 0. The number of fused-ring (bicyclic) bond motifs is 1. The standard InChI is InChI=1S/C23H29N3O3S/c1-3-17-14-30-23(24-16-8-6-7-15(2)13-16)26(17)20(27)11-12-25-21(28)18-9-4-5-10-19(18)22(25)29/h6-8,13,17-19H,3-5,9-12,14H2,1-2H3/t17-,18-,19-/m0/s1. The minimum Gasteiger partial charge on any atom is -0.287 e. The molecule has 3 fully saturated rings. The number of carbonyl (C=O) groups excluding carboxylic acids is 3. The Hall–Kier alpha value is -2.15. The van der Waals surface area contributed by atoms with Crippen molar-refractivity contribution in [3.05, 3.63) is 29.8 Å². The average molecular weight is 428 g/mol. The van der Waals surface area contributed by atoms with E-state index >= 15 is 0 Å². The van der Waals surface area contributed by atoms with Gasteiger partial charge in [0.05, 0.1) is 17.5 Å². The number of aryl methyl sites for hydroxylation is 1. The fourth-order valence-corrected chi connectivity index (χ4v) is 6.04. The van der Waals surface area contributed by atoms with Crippen LogP contribution in [0.4, 0.5) is 5.69 Å². The van der Waals surface area contributed by atoms with E-state index in [1.54, 1.807) is 16.7 Å². The molecule has 0 N–H and O–H groups in total. The molecule has 0 radical (unpaired) electrons. The third-order valence-corrected chi connectivity index (χ3v) is 7.52. The Morgan fingerprint density at radius 1 is 1.17 bits per heavy atom. The number of benzene rings is 1. The van der Waals surface area contributed by atoms with E-state index in [2.05, 4.69) is 6.92 Å². The molecule has 7 heteroatoms. The van der Waals surface area contributed by atoms with Crippen molar-refractivity contribution in [2.75, 3.05) is 12.3 Å². The van der Waals surface area contributed by atoms with Gasteiger partial charge in [0.25, 0.3) is 0 Å². The second-order valence-corrected chi connectivity index (χ2v) is 9.43. The van der Waals surface area contributed by atoms with Gasteiger partial charge < -0.3 is 0 Å². The molecule has 2 saturated heterocycles. The average Bonchev–Trinajstić information content (AvgIpc) is 3.25. The van der Waals surface area contributed by atoms with Gasteiger partial charge >= 0.3 is 0 Å². The van der Waals surface area contributed by atoms with Gasteiger partial charge in [-0.25, -0.2) is 4.99 Å². The molecule has 1 saturated carbocycles. The zero-order valence-electron chi connectivity index (χ0n) is 17.7. The van der Waals surface area contributed by atoms with Crippen LogP contribution in [0.25, 0.3) is 0 Å². The van der Waals surface area contributed by atoms with Crippen LogP contribution in [0.5, 0.6) is 0 Å². The summed E-state index contributed by atoms with van der Waals surface area (Å²) in [5.41, 5.74) is 1.96. The fourth-order valence-electron chi connectivity index (χ4n) is 4.76. The van der Waals surface area contributed by atoms with Gasteiger partial charge in [0, 0.05) is 24.8 Å². The summed E-state index contributed by atoms with van der Waals surface area (Å²) in [5, 5.41) is 0.713. The Labute approximate surface area is 182 Å². The van der Waals surface area contributed by atoms with Crippen LogP contribution >= 0.6 is 11.8 Å². The van der Waals surface area contributed by atoms with Crippen LogP contribution in [-0.4, -0.2) is 51.0 Å². The molecular formula is C23H29N3O3S. The van der Waals surface area contributed by atoms with Crippen LogP contribution in [0.1, 0.15) is 51.0 Å². The van der Waals surface area contributed by atoms with E-state index in [0.29, 0.717) is 5.17 Å². The third-order valence-electron chi connectivity index (χ3n) is 6.42. The summed E-state index contributed by atoms with van der Waals surface area (Å²) in [6.45, 7) is 4.27. The van der Waals surface area contributed by atoms with Crippen molar-refractivity contribution in [3.63, 3.8) is 0 Å². The molecule has 0 spiro atoms. The van der Waals surface area contributed by atoms with Crippen molar-refractivity contribution in [3.8, 4) is 0 Å². The second-order valence-electron chi connectivity index (χ2n) is 8.45. The van der Waals surface area contributed by atoms with E-state index in [1.165, 1.54) is 4.90 Å². The zero-order valence-corrected chi connectivity index (χ0v) is 18.5. The van der Waals surface area contributed by atoms with Crippen molar-refractivity contribution in [2.24, 2.45) is 16.8 Å². The summed E-state index contributed by atoms with van der Waals surface area (Å²) in [4.78, 5) is 46.4. The highest BCUT2D eigenvalue weighted by molar-refractivity contribution is 8.14. The predicted molar refractivity (Wildman–Crippen MR) is 118 cm³/mol. The van der Waals surface area contributed by atoms with Gasteiger partial charge in [0.2, 0.25) is 17.7 Å². The molecule has 3 amide bonds. The Kier molecular flexibility index (Phi) is 6.27. The van der Waals surface area contributed by atoms with Crippen LogP contribution in [0.15, 0.2) is 29.3 Å². The maximum absolute atomic E-state index is 13.1. The molecule has 1 aliphatic carbocycles. The number of carbonyl (C=O) groups is 3. The van der Waals surface area contributed by atoms with E-state index in [1.807, 2.05) is 31.2 Å². The minimum atomic E-state index is -0.162. The van der Waals surface area contributed by atoms with E-state index in [-0.39, 0.29) is 48.6 Å². The Morgan fingerprint density at radius 2 is 1.87 bits per heavy atom. The van der Waals surface area contributed by atoms with E-state index in [0.717, 1.165) is 49.1 Å². The lowest BCUT2D eigenvalue weighted by atomic mass is 9.81. The molecule has 3 aliphatic rings. The number of imide groups is 1. The number of amides is 3. The lowest BCUT2D eigenvalue weighted by Gasteiger charge is -2.24. The van der Waals surface area contributed by atoms with Crippen molar-refractivity contribution in [1.29, 1.82) is 0 Å². The largest absolute Gasteiger partial charge is 0.287 e. The molecule has 4 rings (SSSR count). The first-order valence-electron chi connectivity index (χ1n) is 10.9. The highest BCUT2D eigenvalue weighted by Gasteiger charge is 2.48. The lowest BCUT2D eigenvalue weighted by molar-refractivity contribution is -0.140. The molecule has 0 aromatic heterocycles. The summed E-state index contributed by atoms with van der Waals surface area (Å²) in [6, 6.07) is 8.01. The minimum absolute atomic E-state index is 0.0614. The first-order valence-corrected chi connectivity index (χ1v) is 11.9. The van der Waals surface area contributed by atoms with E-state index < -0.39 is 0 Å². The number of aliphatic imine (C=N–C) groups is 1. The van der Waals surface area contributed by atoms with Crippen LogP contribution in [0.3, 0.4) is 0 Å². The molecule has 1 aromatic carbocycles. The number of rotatable bonds is 5. The van der Waals surface area contributed by atoms with Crippen LogP contribution < -0.4 is 0 Å². The molecule has 2 aliphatic heterocycles. The summed E-state index contributed by atoms with van der Waals surface area (Å²) >= 11 is 1.60. The van der Waals surface area contributed by atoms with Gasteiger partial charge in [0.1, 0.15) is 0 Å². The quantitative estimate of drug-likeness (QED) is 0.668. The van der Waals surface area contributed by atoms with Gasteiger partial charge in [-0.05, 0) is 43.9 Å². The van der Waals surface area contributed by atoms with Gasteiger partial charge in [-0.15, -0.1) is 0 Å². The zero-order chi connectivity index (χ0) is 21.3. The van der Waals surface area contributed by atoms with Crippen LogP contribution in [-0.2, 0) is 14.4 Å². The fraction of sp³-hybridized carbons (Fsp3) is 0.565. The van der Waals surface area contributed by atoms with Gasteiger partial charge in [-0.1, -0.05) is 43.7 Å². The number of likely N-dealkylation sites (tertiary alicyclic amines) is 1. The normalized spacial score (nSPS) is 27.8. The van der Waals surface area contributed by atoms with Crippen molar-refractivity contribution < 1.29 is 14.4 Å². The number of amidine groups is 1. The molecule has 160 valence electrons. The van der Waals surface area contributed by atoms with Gasteiger partial charge in [-0.2, -0.15) is 0 Å². The maximum atomic E-state index is 13.1. The molecule has 30 heavy (non-hydrogen) atoms. The highest BCUT2D eigenvalue weighted by atomic mass is 32.2. The Bertz CT molecular complexity index is 860. The second kappa shape index (κ2) is 8.92. The predicted octanol–water partition coefficient (Wildman–Crippen LogP) is 3.90. The number of nitrogens with zero attached hydrogens (tertiary/aromatic N) is 3. The number of hydrogen-bond donors (Lipinski definition) is 0. The molecule has 3 atom stereocenters. The first kappa shape index (κ1) is 21.1. The monoisotopic (exact) mass is 427 g/mol. The molecule has 0 bridgehead atoms. The van der Waals surface area contributed by atoms with Crippen molar-refractivity contribution in [2.45, 2.75) is 58.4 Å². The van der Waals surface area contributed by atoms with E-state index in [9.17, 15) is 14.4 Å². The third kappa shape index (κ3) is 4.04. The van der Waals surface area contributed by atoms with Crippen molar-refractivity contribution >= 4 is 40.3 Å². The summed E-state index contributed by atoms with van der Waals surface area (Å²) in [5.74, 6) is 0.284. The molecule has 1 aromatic rings. The Balaban J connectivity index is 1.46. The lowest BCUT2D eigenvalue weighted by Crippen LogP contribution is -2.41. The molecular weight excluding hydrogens is 398 g/mol. The van der Waals surface area contributed by atoms with Crippen LogP contribution in [0, 0.1) is 18.8 Å². The van der Waals surface area contributed by atoms with Crippen molar-refractivity contribution in [1.82, 2.24) is 9.80 Å². The number of hydrogen-bond acceptors (Lipinski definition) is 5. The van der Waals surface area contributed by atoms with Gasteiger partial charge in [0.15, 0.2) is 5.17 Å². The topological polar surface area (TPSA) is 70.1 Å². The Morgan fingerprint density at radius 3 is 2.50 bits per heavy atom. The highest BCUT2D eigenvalue weighted by Crippen LogP contribution is 2.38.